The van der Waals surface area contributed by atoms with Crippen LogP contribution in [0, 0.1) is 5.92 Å². The average Bonchev–Trinajstić information content (AvgIpc) is 3.52. The van der Waals surface area contributed by atoms with Gasteiger partial charge in [-0.05, 0) is 54.8 Å². The molecule has 2 aromatic carbocycles. The van der Waals surface area contributed by atoms with Gasteiger partial charge < -0.3 is 10.6 Å². The quantitative estimate of drug-likeness (QED) is 0.675. The Labute approximate surface area is 158 Å². The summed E-state index contributed by atoms with van der Waals surface area (Å²) >= 11 is 0. The molecular formula is C19H21N3O4S. The number of anilines is 1. The number of sulfonamides is 1. The van der Waals surface area contributed by atoms with Crippen LogP contribution in [0.4, 0.5) is 5.69 Å². The first-order valence-electron chi connectivity index (χ1n) is 8.60. The van der Waals surface area contributed by atoms with Crippen molar-refractivity contribution in [2.75, 3.05) is 12.4 Å². The van der Waals surface area contributed by atoms with Crippen molar-refractivity contribution in [2.24, 2.45) is 5.92 Å². The number of hydrogen-bond acceptors (Lipinski definition) is 4. The summed E-state index contributed by atoms with van der Waals surface area (Å²) in [6, 6.07) is 12.7. The zero-order valence-electron chi connectivity index (χ0n) is 14.9. The van der Waals surface area contributed by atoms with Gasteiger partial charge in [-0.1, -0.05) is 12.1 Å². The molecular weight excluding hydrogens is 366 g/mol. The number of nitrogens with one attached hydrogen (secondary N) is 3. The van der Waals surface area contributed by atoms with Crippen LogP contribution in [0.2, 0.25) is 0 Å². The first kappa shape index (κ1) is 19.1. The second kappa shape index (κ2) is 7.89. The lowest BCUT2D eigenvalue weighted by Crippen LogP contribution is -2.23. The zero-order chi connectivity index (χ0) is 19.4. The number of carbonyl (C=O) groups is 2. The maximum atomic E-state index is 12.4. The van der Waals surface area contributed by atoms with Gasteiger partial charge in [0.05, 0.1) is 4.90 Å². The van der Waals surface area contributed by atoms with Gasteiger partial charge in [-0.2, -0.15) is 0 Å². The monoisotopic (exact) mass is 387 g/mol. The summed E-state index contributed by atoms with van der Waals surface area (Å²) in [6.07, 6.45) is 1.88. The van der Waals surface area contributed by atoms with E-state index in [0.29, 0.717) is 11.3 Å². The van der Waals surface area contributed by atoms with Crippen LogP contribution >= 0.6 is 0 Å². The van der Waals surface area contributed by atoms with E-state index in [9.17, 15) is 18.0 Å². The minimum absolute atomic E-state index is 0.0312. The molecule has 2 amide bonds. The molecule has 1 aliphatic carbocycles. The van der Waals surface area contributed by atoms with Gasteiger partial charge >= 0.3 is 0 Å². The van der Waals surface area contributed by atoms with E-state index >= 15 is 0 Å². The fraction of sp³-hybridized carbons (Fsp3) is 0.263. The second-order valence-corrected chi connectivity index (χ2v) is 8.16. The third kappa shape index (κ3) is 4.93. The van der Waals surface area contributed by atoms with Gasteiger partial charge in [0, 0.05) is 30.8 Å². The summed E-state index contributed by atoms with van der Waals surface area (Å²) in [4.78, 5) is 23.3. The van der Waals surface area contributed by atoms with E-state index in [-0.39, 0.29) is 29.2 Å². The van der Waals surface area contributed by atoms with Crippen molar-refractivity contribution in [3.63, 3.8) is 0 Å². The summed E-state index contributed by atoms with van der Waals surface area (Å²) in [5.41, 5.74) is 1.86. The summed E-state index contributed by atoms with van der Waals surface area (Å²) in [5, 5.41) is 5.32. The molecule has 0 radical (unpaired) electrons. The van der Waals surface area contributed by atoms with E-state index < -0.39 is 10.0 Å². The zero-order valence-corrected chi connectivity index (χ0v) is 15.7. The highest BCUT2D eigenvalue weighted by Gasteiger charge is 2.29. The number of benzene rings is 2. The fourth-order valence-electron chi connectivity index (χ4n) is 2.49. The second-order valence-electron chi connectivity index (χ2n) is 6.39. The number of carbonyl (C=O) groups excluding carboxylic acids is 2. The Morgan fingerprint density at radius 3 is 2.19 bits per heavy atom. The van der Waals surface area contributed by atoms with Gasteiger partial charge in [0.25, 0.3) is 5.91 Å². The molecule has 0 saturated heterocycles. The molecule has 3 N–H and O–H groups in total. The Morgan fingerprint density at radius 2 is 1.63 bits per heavy atom. The topological polar surface area (TPSA) is 104 Å². The maximum absolute atomic E-state index is 12.4. The predicted molar refractivity (Wildman–Crippen MR) is 102 cm³/mol. The standard InChI is InChI=1S/C19H21N3O4S/c1-20-18(23)14-6-10-17(11-7-14)27(25,26)21-12-13-2-8-16(9-3-13)22-19(24)15-4-5-15/h2-3,6-11,15,21H,4-5,12H2,1H3,(H,20,23)(H,22,24). The van der Waals surface area contributed by atoms with Crippen molar-refractivity contribution in [1.82, 2.24) is 10.0 Å². The van der Waals surface area contributed by atoms with Crippen molar-refractivity contribution in [1.29, 1.82) is 0 Å². The first-order valence-corrected chi connectivity index (χ1v) is 10.1. The molecule has 27 heavy (non-hydrogen) atoms. The summed E-state index contributed by atoms with van der Waals surface area (Å²) < 4.78 is 27.3. The van der Waals surface area contributed by atoms with E-state index in [0.717, 1.165) is 18.4 Å². The van der Waals surface area contributed by atoms with Crippen LogP contribution in [0.5, 0.6) is 0 Å². The molecule has 0 unspecified atom stereocenters. The third-order valence-corrected chi connectivity index (χ3v) is 5.71. The van der Waals surface area contributed by atoms with Gasteiger partial charge in [-0.3, -0.25) is 9.59 Å². The highest BCUT2D eigenvalue weighted by atomic mass is 32.2. The molecule has 1 aliphatic rings. The van der Waals surface area contributed by atoms with E-state index in [1.54, 1.807) is 24.3 Å². The maximum Gasteiger partial charge on any atom is 0.251 e. The lowest BCUT2D eigenvalue weighted by Gasteiger charge is -2.09. The van der Waals surface area contributed by atoms with Crippen molar-refractivity contribution < 1.29 is 18.0 Å². The van der Waals surface area contributed by atoms with Crippen LogP contribution < -0.4 is 15.4 Å². The van der Waals surface area contributed by atoms with Crippen molar-refractivity contribution in [3.05, 3.63) is 59.7 Å². The molecule has 1 saturated carbocycles. The molecule has 0 heterocycles. The van der Waals surface area contributed by atoms with Crippen LogP contribution in [0.1, 0.15) is 28.8 Å². The molecule has 0 aromatic heterocycles. The van der Waals surface area contributed by atoms with Crippen LogP contribution in [-0.4, -0.2) is 27.3 Å². The Bertz CT molecular complexity index is 934. The Hall–Kier alpha value is -2.71. The smallest absolute Gasteiger partial charge is 0.251 e. The van der Waals surface area contributed by atoms with E-state index in [2.05, 4.69) is 15.4 Å². The van der Waals surface area contributed by atoms with Gasteiger partial charge in [0.15, 0.2) is 0 Å². The fourth-order valence-corrected chi connectivity index (χ4v) is 3.50. The SMILES string of the molecule is CNC(=O)c1ccc(S(=O)(=O)NCc2ccc(NC(=O)C3CC3)cc2)cc1. The molecule has 0 atom stereocenters. The molecule has 0 aliphatic heterocycles. The Kier molecular flexibility index (Phi) is 5.57. The molecule has 0 bridgehead atoms. The van der Waals surface area contributed by atoms with Crippen molar-refractivity contribution in [3.8, 4) is 0 Å². The summed E-state index contributed by atoms with van der Waals surface area (Å²) in [7, 11) is -2.18. The minimum atomic E-state index is -3.69. The number of rotatable bonds is 7. The average molecular weight is 387 g/mol. The van der Waals surface area contributed by atoms with Crippen LogP contribution in [0.25, 0.3) is 0 Å². The van der Waals surface area contributed by atoms with Gasteiger partial charge in [-0.15, -0.1) is 0 Å². The van der Waals surface area contributed by atoms with E-state index in [4.69, 9.17) is 0 Å². The summed E-state index contributed by atoms with van der Waals surface area (Å²) in [6.45, 7) is 0.121. The predicted octanol–water partition coefficient (Wildman–Crippen LogP) is 1.87. The van der Waals surface area contributed by atoms with Crippen LogP contribution in [-0.2, 0) is 21.4 Å². The third-order valence-electron chi connectivity index (χ3n) is 4.29. The highest BCUT2D eigenvalue weighted by molar-refractivity contribution is 7.89. The van der Waals surface area contributed by atoms with Crippen LogP contribution in [0.15, 0.2) is 53.4 Å². The number of amides is 2. The van der Waals surface area contributed by atoms with Crippen LogP contribution in [0.3, 0.4) is 0 Å². The van der Waals surface area contributed by atoms with E-state index in [1.807, 2.05) is 0 Å². The largest absolute Gasteiger partial charge is 0.355 e. The van der Waals surface area contributed by atoms with E-state index in [1.165, 1.54) is 31.3 Å². The first-order chi connectivity index (χ1) is 12.9. The van der Waals surface area contributed by atoms with Gasteiger partial charge in [0.1, 0.15) is 0 Å². The lowest BCUT2D eigenvalue weighted by molar-refractivity contribution is -0.117. The van der Waals surface area contributed by atoms with Gasteiger partial charge in [0.2, 0.25) is 15.9 Å². The minimum Gasteiger partial charge on any atom is -0.355 e. The van der Waals surface area contributed by atoms with Gasteiger partial charge in [-0.25, -0.2) is 13.1 Å². The highest BCUT2D eigenvalue weighted by Crippen LogP contribution is 2.30. The van der Waals surface area contributed by atoms with Crippen molar-refractivity contribution in [2.45, 2.75) is 24.3 Å². The molecule has 1 fully saturated rings. The summed E-state index contributed by atoms with van der Waals surface area (Å²) in [5.74, 6) is -0.115. The number of hydrogen-bond donors (Lipinski definition) is 3. The Balaban J connectivity index is 1.59. The normalized spacial score (nSPS) is 13.8. The molecule has 0 spiro atoms. The molecule has 8 heteroatoms. The lowest BCUT2D eigenvalue weighted by atomic mass is 10.2. The molecule has 3 rings (SSSR count). The molecule has 7 nitrogen and oxygen atoms in total. The van der Waals surface area contributed by atoms with Crippen molar-refractivity contribution >= 4 is 27.5 Å². The molecule has 142 valence electrons. The molecule has 2 aromatic rings. The Morgan fingerprint density at radius 1 is 1.00 bits per heavy atom.